The van der Waals surface area contributed by atoms with Crippen molar-refractivity contribution in [2.45, 2.75) is 12.3 Å². The van der Waals surface area contributed by atoms with E-state index in [1.807, 2.05) is 0 Å². The highest BCUT2D eigenvalue weighted by molar-refractivity contribution is 9.10. The molecule has 0 bridgehead atoms. The van der Waals surface area contributed by atoms with Crippen LogP contribution in [-0.2, 0) is 15.7 Å². The largest absolute Gasteiger partial charge is 0.416 e. The van der Waals surface area contributed by atoms with Crippen molar-refractivity contribution in [3.8, 4) is 0 Å². The van der Waals surface area contributed by atoms with Crippen molar-refractivity contribution in [3.05, 3.63) is 33.8 Å². The van der Waals surface area contributed by atoms with E-state index in [2.05, 4.69) is 21.2 Å². The first-order valence-corrected chi connectivity index (χ1v) is 5.92. The van der Waals surface area contributed by atoms with Crippen LogP contribution in [0.25, 0.3) is 0 Å². The molecule has 1 atom stereocenters. The summed E-state index contributed by atoms with van der Waals surface area (Å²) in [7, 11) is 0. The molecule has 1 aliphatic rings. The van der Waals surface area contributed by atoms with Gasteiger partial charge >= 0.3 is 6.18 Å². The van der Waals surface area contributed by atoms with Crippen molar-refractivity contribution in [1.29, 1.82) is 0 Å². The predicted octanol–water partition coefficient (Wildman–Crippen LogP) is 2.66. The molecule has 0 aliphatic carbocycles. The normalized spacial score (nSPS) is 20.7. The molecule has 1 heterocycles. The maximum atomic E-state index is 12.6. The molecule has 0 radical (unpaired) electrons. The Morgan fingerprint density at radius 3 is 2.67 bits per heavy atom. The lowest BCUT2D eigenvalue weighted by atomic mass is 10.0. The Balaban J connectivity index is 2.29. The molecule has 3 nitrogen and oxygen atoms in total. The molecule has 0 aromatic heterocycles. The van der Waals surface area contributed by atoms with Crippen LogP contribution in [0.4, 0.5) is 13.2 Å². The Bertz CT molecular complexity index is 466. The number of hydrogen-bond donors (Lipinski definition) is 1. The fraction of sp³-hybridized carbons (Fsp3) is 0.364. The molecule has 1 N–H and O–H groups in total. The average molecular weight is 324 g/mol. The topological polar surface area (TPSA) is 38.3 Å². The fourth-order valence-corrected chi connectivity index (χ4v) is 2.16. The number of morpholine rings is 1. The maximum Gasteiger partial charge on any atom is 0.416 e. The molecule has 1 aliphatic heterocycles. The van der Waals surface area contributed by atoms with E-state index in [-0.39, 0.29) is 19.1 Å². The van der Waals surface area contributed by atoms with E-state index in [9.17, 15) is 18.0 Å². The van der Waals surface area contributed by atoms with Gasteiger partial charge < -0.3 is 10.1 Å². The molecule has 1 saturated heterocycles. The quantitative estimate of drug-likeness (QED) is 0.862. The lowest BCUT2D eigenvalue weighted by Gasteiger charge is -2.25. The molecule has 18 heavy (non-hydrogen) atoms. The summed E-state index contributed by atoms with van der Waals surface area (Å²) in [4.78, 5) is 10.9. The summed E-state index contributed by atoms with van der Waals surface area (Å²) in [6.07, 6.45) is -4.97. The zero-order valence-electron chi connectivity index (χ0n) is 9.05. The van der Waals surface area contributed by atoms with Gasteiger partial charge in [0.05, 0.1) is 5.56 Å². The van der Waals surface area contributed by atoms with Crippen molar-refractivity contribution >= 4 is 21.8 Å². The fourth-order valence-electron chi connectivity index (χ4n) is 1.66. The summed E-state index contributed by atoms with van der Waals surface area (Å²) in [5.41, 5.74) is -0.356. The van der Waals surface area contributed by atoms with E-state index >= 15 is 0 Å². The van der Waals surface area contributed by atoms with Crippen molar-refractivity contribution in [3.63, 3.8) is 0 Å². The molecule has 0 saturated carbocycles. The van der Waals surface area contributed by atoms with Crippen LogP contribution in [0.15, 0.2) is 22.7 Å². The van der Waals surface area contributed by atoms with E-state index in [1.165, 1.54) is 6.07 Å². The highest BCUT2D eigenvalue weighted by Gasteiger charge is 2.32. The first kappa shape index (κ1) is 13.4. The van der Waals surface area contributed by atoms with Crippen molar-refractivity contribution in [1.82, 2.24) is 5.32 Å². The third-order valence-electron chi connectivity index (χ3n) is 2.57. The molecule has 2 rings (SSSR count). The number of carbonyl (C=O) groups excluding carboxylic acids is 1. The molecule has 7 heteroatoms. The number of amides is 1. The number of benzene rings is 1. The summed E-state index contributed by atoms with van der Waals surface area (Å²) < 4.78 is 43.5. The molecule has 98 valence electrons. The second-order valence-electron chi connectivity index (χ2n) is 3.84. The highest BCUT2D eigenvalue weighted by Crippen LogP contribution is 2.35. The molecule has 1 fully saturated rings. The van der Waals surface area contributed by atoms with E-state index in [1.54, 1.807) is 0 Å². The summed E-state index contributed by atoms with van der Waals surface area (Å²) in [6.45, 7) is 0.0199. The van der Waals surface area contributed by atoms with Gasteiger partial charge in [0.1, 0.15) is 12.7 Å². The number of carbonyl (C=O) groups is 1. The Morgan fingerprint density at radius 1 is 1.39 bits per heavy atom. The highest BCUT2D eigenvalue weighted by atomic mass is 79.9. The minimum Gasteiger partial charge on any atom is -0.362 e. The summed E-state index contributed by atoms with van der Waals surface area (Å²) >= 11 is 3.19. The average Bonchev–Trinajstić information content (AvgIpc) is 2.29. The van der Waals surface area contributed by atoms with Gasteiger partial charge in [0.15, 0.2) is 0 Å². The lowest BCUT2D eigenvalue weighted by molar-refractivity contribution is -0.138. The molecular formula is C11H9BrF3NO2. The van der Waals surface area contributed by atoms with Crippen molar-refractivity contribution in [2.24, 2.45) is 0 Å². The number of rotatable bonds is 1. The summed E-state index contributed by atoms with van der Waals surface area (Å²) in [5, 5.41) is 2.55. The second-order valence-corrected chi connectivity index (χ2v) is 4.69. The van der Waals surface area contributed by atoms with E-state index in [0.717, 1.165) is 12.1 Å². The van der Waals surface area contributed by atoms with Crippen LogP contribution >= 0.6 is 15.9 Å². The van der Waals surface area contributed by atoms with Gasteiger partial charge in [0, 0.05) is 11.0 Å². The summed E-state index contributed by atoms with van der Waals surface area (Å²) in [6, 6.07) is 3.36. The summed E-state index contributed by atoms with van der Waals surface area (Å²) in [5.74, 6) is -0.269. The van der Waals surface area contributed by atoms with E-state index < -0.39 is 17.8 Å². The van der Waals surface area contributed by atoms with E-state index in [4.69, 9.17) is 4.74 Å². The zero-order chi connectivity index (χ0) is 13.3. The van der Waals surface area contributed by atoms with Gasteiger partial charge in [-0.15, -0.1) is 0 Å². The number of alkyl halides is 3. The molecule has 1 aromatic carbocycles. The smallest absolute Gasteiger partial charge is 0.362 e. The molecule has 0 unspecified atom stereocenters. The van der Waals surface area contributed by atoms with Gasteiger partial charge in [-0.05, 0) is 23.8 Å². The first-order valence-electron chi connectivity index (χ1n) is 5.13. The SMILES string of the molecule is O=C1CO[C@@H](c2cc(C(F)(F)F)ccc2Br)CN1. The van der Waals surface area contributed by atoms with Crippen LogP contribution in [0.1, 0.15) is 17.2 Å². The van der Waals surface area contributed by atoms with Gasteiger partial charge in [0.25, 0.3) is 0 Å². The minimum absolute atomic E-state index is 0.145. The molecule has 1 aromatic rings. The van der Waals surface area contributed by atoms with Gasteiger partial charge in [-0.1, -0.05) is 15.9 Å². The van der Waals surface area contributed by atoms with Crippen LogP contribution in [-0.4, -0.2) is 19.1 Å². The Kier molecular flexibility index (Phi) is 3.63. The Labute approximate surface area is 109 Å². The molecular weight excluding hydrogens is 315 g/mol. The van der Waals surface area contributed by atoms with E-state index in [0.29, 0.717) is 10.0 Å². The monoisotopic (exact) mass is 323 g/mol. The molecule has 0 spiro atoms. The Hall–Kier alpha value is -1.08. The van der Waals surface area contributed by atoms with Crippen LogP contribution < -0.4 is 5.32 Å². The maximum absolute atomic E-state index is 12.6. The number of nitrogens with one attached hydrogen (secondary N) is 1. The lowest BCUT2D eigenvalue weighted by Crippen LogP contribution is -2.38. The van der Waals surface area contributed by atoms with Crippen LogP contribution in [0, 0.1) is 0 Å². The number of halogens is 4. The zero-order valence-corrected chi connectivity index (χ0v) is 10.6. The van der Waals surface area contributed by atoms with Gasteiger partial charge in [-0.3, -0.25) is 4.79 Å². The predicted molar refractivity (Wildman–Crippen MR) is 60.8 cm³/mol. The third kappa shape index (κ3) is 2.84. The molecule has 1 amide bonds. The standard InChI is InChI=1S/C11H9BrF3NO2/c12-8-2-1-6(11(13,14)15)3-7(8)9-4-16-10(17)5-18-9/h1-3,9H,4-5H2,(H,16,17)/t9-/m1/s1. The second kappa shape index (κ2) is 4.89. The first-order chi connectivity index (χ1) is 8.38. The number of ether oxygens (including phenoxy) is 1. The van der Waals surface area contributed by atoms with Crippen molar-refractivity contribution < 1.29 is 22.7 Å². The van der Waals surface area contributed by atoms with Crippen LogP contribution in [0.2, 0.25) is 0 Å². The Morgan fingerprint density at radius 2 is 2.11 bits per heavy atom. The number of hydrogen-bond acceptors (Lipinski definition) is 2. The van der Waals surface area contributed by atoms with Crippen molar-refractivity contribution in [2.75, 3.05) is 13.2 Å². The minimum atomic E-state index is -4.40. The van der Waals surface area contributed by atoms with Crippen LogP contribution in [0.3, 0.4) is 0 Å². The van der Waals surface area contributed by atoms with Gasteiger partial charge in [-0.2, -0.15) is 13.2 Å². The van der Waals surface area contributed by atoms with Crippen LogP contribution in [0.5, 0.6) is 0 Å². The van der Waals surface area contributed by atoms with Gasteiger partial charge in [0.2, 0.25) is 5.91 Å². The third-order valence-corrected chi connectivity index (χ3v) is 3.29. The van der Waals surface area contributed by atoms with Gasteiger partial charge in [-0.25, -0.2) is 0 Å².